The maximum Gasteiger partial charge on any atom is 0.354 e. The molecule has 1 rings (SSSR count). The van der Waals surface area contributed by atoms with Crippen molar-refractivity contribution in [3.63, 3.8) is 0 Å². The van der Waals surface area contributed by atoms with E-state index in [4.69, 9.17) is 5.11 Å². The molecule has 0 atom stereocenters. The molecule has 0 aliphatic heterocycles. The second-order valence-electron chi connectivity index (χ2n) is 3.99. The maximum absolute atomic E-state index is 10.8. The van der Waals surface area contributed by atoms with E-state index >= 15 is 0 Å². The Morgan fingerprint density at radius 1 is 1.50 bits per heavy atom. The lowest BCUT2D eigenvalue weighted by Gasteiger charge is -2.09. The van der Waals surface area contributed by atoms with Gasteiger partial charge in [0.1, 0.15) is 11.6 Å². The minimum absolute atomic E-state index is 0.0399. The van der Waals surface area contributed by atoms with Gasteiger partial charge in [0.2, 0.25) is 0 Å². The fraction of sp³-hybridized carbons (Fsp3) is 0.545. The van der Waals surface area contributed by atoms with Crippen molar-refractivity contribution in [1.82, 2.24) is 9.97 Å². The first-order chi connectivity index (χ1) is 7.52. The van der Waals surface area contributed by atoms with Gasteiger partial charge >= 0.3 is 5.97 Å². The highest BCUT2D eigenvalue weighted by molar-refractivity contribution is 5.86. The molecule has 0 aromatic carbocycles. The Hall–Kier alpha value is -1.65. The zero-order valence-electron chi connectivity index (χ0n) is 9.82. The van der Waals surface area contributed by atoms with Gasteiger partial charge in [-0.1, -0.05) is 20.8 Å². The van der Waals surface area contributed by atoms with Crippen LogP contribution < -0.4 is 5.32 Å². The van der Waals surface area contributed by atoms with E-state index in [0.717, 1.165) is 6.54 Å². The molecule has 16 heavy (non-hydrogen) atoms. The van der Waals surface area contributed by atoms with Gasteiger partial charge < -0.3 is 10.4 Å². The highest BCUT2D eigenvalue weighted by Gasteiger charge is 2.09. The quantitative estimate of drug-likeness (QED) is 0.796. The molecule has 0 radical (unpaired) electrons. The molecule has 88 valence electrons. The highest BCUT2D eigenvalue weighted by Crippen LogP contribution is 2.08. The molecule has 0 bridgehead atoms. The standard InChI is InChI=1S/C11H17N3O2/c1-4-9-13-8(11(15)16)5-10(14-9)12-6-7(2)3/h5,7H,4,6H2,1-3H3,(H,15,16)(H,12,13,14). The van der Waals surface area contributed by atoms with Crippen LogP contribution in [0.3, 0.4) is 0 Å². The van der Waals surface area contributed by atoms with Crippen LogP contribution in [-0.2, 0) is 6.42 Å². The molecular weight excluding hydrogens is 206 g/mol. The fourth-order valence-corrected chi connectivity index (χ4v) is 1.16. The van der Waals surface area contributed by atoms with Gasteiger partial charge in [0.05, 0.1) is 0 Å². The molecule has 0 amide bonds. The summed E-state index contributed by atoms with van der Waals surface area (Å²) in [5.74, 6) is 0.585. The molecular formula is C11H17N3O2. The first-order valence-electron chi connectivity index (χ1n) is 5.38. The van der Waals surface area contributed by atoms with Crippen LogP contribution in [0.15, 0.2) is 6.07 Å². The number of aryl methyl sites for hydroxylation is 1. The van der Waals surface area contributed by atoms with Gasteiger partial charge in [-0.05, 0) is 5.92 Å². The number of carboxylic acid groups (broad SMARTS) is 1. The van der Waals surface area contributed by atoms with Crippen molar-refractivity contribution < 1.29 is 9.90 Å². The van der Waals surface area contributed by atoms with E-state index in [-0.39, 0.29) is 5.69 Å². The lowest BCUT2D eigenvalue weighted by Crippen LogP contribution is -2.12. The third-order valence-corrected chi connectivity index (χ3v) is 2.00. The summed E-state index contributed by atoms with van der Waals surface area (Å²) in [5.41, 5.74) is 0.0399. The number of hydrogen-bond donors (Lipinski definition) is 2. The van der Waals surface area contributed by atoms with Crippen LogP contribution >= 0.6 is 0 Å². The molecule has 1 aromatic heterocycles. The Balaban J connectivity index is 2.90. The zero-order chi connectivity index (χ0) is 12.1. The summed E-state index contributed by atoms with van der Waals surface area (Å²) in [6.45, 7) is 6.81. The first-order valence-corrected chi connectivity index (χ1v) is 5.38. The molecule has 2 N–H and O–H groups in total. The molecule has 5 heteroatoms. The van der Waals surface area contributed by atoms with Gasteiger partial charge in [0, 0.05) is 19.0 Å². The van der Waals surface area contributed by atoms with Gasteiger partial charge in [-0.2, -0.15) is 0 Å². The predicted octanol–water partition coefficient (Wildman–Crippen LogP) is 1.81. The molecule has 0 spiro atoms. The van der Waals surface area contributed by atoms with E-state index in [1.807, 2.05) is 6.92 Å². The number of aromatic carboxylic acids is 1. The van der Waals surface area contributed by atoms with E-state index in [9.17, 15) is 4.79 Å². The molecule has 1 aromatic rings. The average molecular weight is 223 g/mol. The molecule has 0 aliphatic rings. The normalized spacial score (nSPS) is 10.5. The molecule has 0 aliphatic carbocycles. The van der Waals surface area contributed by atoms with Crippen molar-refractivity contribution in [2.24, 2.45) is 5.92 Å². The van der Waals surface area contributed by atoms with Crippen LogP contribution in [0.4, 0.5) is 5.82 Å². The van der Waals surface area contributed by atoms with Gasteiger partial charge in [0.15, 0.2) is 5.69 Å². The Bertz CT molecular complexity index is 377. The van der Waals surface area contributed by atoms with Crippen molar-refractivity contribution in [2.45, 2.75) is 27.2 Å². The van der Waals surface area contributed by atoms with Crippen LogP contribution in [0.25, 0.3) is 0 Å². The summed E-state index contributed by atoms with van der Waals surface area (Å²) in [6, 6.07) is 1.46. The number of hydrogen-bond acceptors (Lipinski definition) is 4. The van der Waals surface area contributed by atoms with Gasteiger partial charge in [-0.15, -0.1) is 0 Å². The number of carbonyl (C=O) groups is 1. The zero-order valence-corrected chi connectivity index (χ0v) is 9.82. The van der Waals surface area contributed by atoms with Crippen molar-refractivity contribution >= 4 is 11.8 Å². The third kappa shape index (κ3) is 3.49. The monoisotopic (exact) mass is 223 g/mol. The average Bonchev–Trinajstić information content (AvgIpc) is 2.25. The van der Waals surface area contributed by atoms with E-state index in [1.165, 1.54) is 6.07 Å². The topological polar surface area (TPSA) is 75.1 Å². The first kappa shape index (κ1) is 12.4. The summed E-state index contributed by atoms with van der Waals surface area (Å²) in [7, 11) is 0. The van der Waals surface area contributed by atoms with Crippen molar-refractivity contribution in [1.29, 1.82) is 0 Å². The fourth-order valence-electron chi connectivity index (χ4n) is 1.16. The summed E-state index contributed by atoms with van der Waals surface area (Å²) in [5, 5.41) is 12.0. The second-order valence-corrected chi connectivity index (χ2v) is 3.99. The highest BCUT2D eigenvalue weighted by atomic mass is 16.4. The number of rotatable bonds is 5. The Labute approximate surface area is 94.9 Å². The maximum atomic E-state index is 10.8. The number of aromatic nitrogens is 2. The van der Waals surface area contributed by atoms with E-state index in [2.05, 4.69) is 29.1 Å². The Morgan fingerprint density at radius 3 is 2.69 bits per heavy atom. The molecule has 0 saturated carbocycles. The summed E-state index contributed by atoms with van der Waals surface area (Å²) >= 11 is 0. The lowest BCUT2D eigenvalue weighted by molar-refractivity contribution is 0.0690. The minimum atomic E-state index is -1.02. The van der Waals surface area contributed by atoms with Crippen LogP contribution in [0, 0.1) is 5.92 Å². The van der Waals surface area contributed by atoms with Gasteiger partial charge in [0.25, 0.3) is 0 Å². The number of carboxylic acids is 1. The van der Waals surface area contributed by atoms with Crippen LogP contribution in [0.1, 0.15) is 37.1 Å². The van der Waals surface area contributed by atoms with Crippen LogP contribution in [0.2, 0.25) is 0 Å². The Morgan fingerprint density at radius 2 is 2.19 bits per heavy atom. The molecule has 0 saturated heterocycles. The van der Waals surface area contributed by atoms with Crippen LogP contribution in [-0.4, -0.2) is 27.6 Å². The number of nitrogens with one attached hydrogen (secondary N) is 1. The number of anilines is 1. The molecule has 1 heterocycles. The summed E-state index contributed by atoms with van der Waals surface area (Å²) in [4.78, 5) is 19.0. The molecule has 0 fully saturated rings. The summed E-state index contributed by atoms with van der Waals surface area (Å²) in [6.07, 6.45) is 0.622. The molecule has 5 nitrogen and oxygen atoms in total. The van der Waals surface area contributed by atoms with Crippen molar-refractivity contribution in [2.75, 3.05) is 11.9 Å². The minimum Gasteiger partial charge on any atom is -0.477 e. The lowest BCUT2D eigenvalue weighted by atomic mass is 10.2. The van der Waals surface area contributed by atoms with Gasteiger partial charge in [-0.3, -0.25) is 0 Å². The van der Waals surface area contributed by atoms with Crippen molar-refractivity contribution in [3.8, 4) is 0 Å². The second kappa shape index (κ2) is 5.44. The smallest absolute Gasteiger partial charge is 0.354 e. The van der Waals surface area contributed by atoms with Gasteiger partial charge in [-0.25, -0.2) is 14.8 Å². The third-order valence-electron chi connectivity index (χ3n) is 2.00. The SMILES string of the molecule is CCc1nc(NCC(C)C)cc(C(=O)O)n1. The van der Waals surface area contributed by atoms with E-state index in [0.29, 0.717) is 24.0 Å². The Kier molecular flexibility index (Phi) is 4.22. The van der Waals surface area contributed by atoms with E-state index in [1.54, 1.807) is 0 Å². The summed E-state index contributed by atoms with van der Waals surface area (Å²) < 4.78 is 0. The predicted molar refractivity (Wildman–Crippen MR) is 61.7 cm³/mol. The molecule has 0 unspecified atom stereocenters. The number of nitrogens with zero attached hydrogens (tertiary/aromatic N) is 2. The van der Waals surface area contributed by atoms with Crippen molar-refractivity contribution in [3.05, 3.63) is 17.6 Å². The largest absolute Gasteiger partial charge is 0.477 e. The van der Waals surface area contributed by atoms with Crippen LogP contribution in [0.5, 0.6) is 0 Å². The van der Waals surface area contributed by atoms with E-state index < -0.39 is 5.97 Å².